The van der Waals surface area contributed by atoms with Gasteiger partial charge in [-0.2, -0.15) is 0 Å². The lowest BCUT2D eigenvalue weighted by atomic mass is 9.57. The van der Waals surface area contributed by atoms with Crippen LogP contribution in [0, 0.1) is 0 Å². The molecule has 5 rings (SSSR count). The standard InChI is InChI=1S/C19H32N4/c1-2-14-20-19-11-8-18(9-12-19,10-13-19)17-22-21-16-7-5-3-4-6-15-23(16)17/h20H,2-15H2,1H3. The van der Waals surface area contributed by atoms with E-state index in [9.17, 15) is 0 Å². The molecular weight excluding hydrogens is 284 g/mol. The first-order valence-corrected chi connectivity index (χ1v) is 9.95. The molecular formula is C19H32N4. The van der Waals surface area contributed by atoms with Crippen molar-refractivity contribution >= 4 is 0 Å². The molecule has 1 aliphatic heterocycles. The highest BCUT2D eigenvalue weighted by Crippen LogP contribution is 2.53. The number of nitrogens with zero attached hydrogens (tertiary/aromatic N) is 3. The largest absolute Gasteiger partial charge is 0.315 e. The van der Waals surface area contributed by atoms with Crippen molar-refractivity contribution in [2.75, 3.05) is 6.54 Å². The highest BCUT2D eigenvalue weighted by atomic mass is 15.3. The Balaban J connectivity index is 1.56. The molecule has 2 heterocycles. The van der Waals surface area contributed by atoms with Crippen LogP contribution in [-0.2, 0) is 18.4 Å². The molecule has 0 atom stereocenters. The summed E-state index contributed by atoms with van der Waals surface area (Å²) in [5.74, 6) is 2.61. The van der Waals surface area contributed by atoms with Crippen LogP contribution in [0.1, 0.15) is 89.2 Å². The van der Waals surface area contributed by atoms with Crippen molar-refractivity contribution in [2.45, 2.75) is 101 Å². The van der Waals surface area contributed by atoms with E-state index in [0.717, 1.165) is 13.0 Å². The van der Waals surface area contributed by atoms with E-state index in [1.807, 2.05) is 0 Å². The summed E-state index contributed by atoms with van der Waals surface area (Å²) in [4.78, 5) is 0. The number of hydrogen-bond acceptors (Lipinski definition) is 3. The molecule has 1 N–H and O–H groups in total. The molecule has 0 aromatic carbocycles. The van der Waals surface area contributed by atoms with Gasteiger partial charge in [0.25, 0.3) is 0 Å². The Hall–Kier alpha value is -0.900. The van der Waals surface area contributed by atoms with Crippen LogP contribution in [0.15, 0.2) is 0 Å². The number of fused-ring (bicyclic) bond motifs is 4. The summed E-state index contributed by atoms with van der Waals surface area (Å²) in [5, 5.41) is 13.2. The van der Waals surface area contributed by atoms with E-state index in [4.69, 9.17) is 5.10 Å². The Morgan fingerprint density at radius 1 is 0.957 bits per heavy atom. The van der Waals surface area contributed by atoms with Crippen LogP contribution in [0.4, 0.5) is 0 Å². The molecule has 0 amide bonds. The van der Waals surface area contributed by atoms with Gasteiger partial charge in [0.2, 0.25) is 0 Å². The summed E-state index contributed by atoms with van der Waals surface area (Å²) < 4.78 is 2.52. The Morgan fingerprint density at radius 3 is 2.43 bits per heavy atom. The molecule has 4 aliphatic rings. The first kappa shape index (κ1) is 15.6. The average molecular weight is 316 g/mol. The molecule has 3 fully saturated rings. The third-order valence-electron chi connectivity index (χ3n) is 6.83. The third kappa shape index (κ3) is 2.73. The lowest BCUT2D eigenvalue weighted by Gasteiger charge is -2.53. The van der Waals surface area contributed by atoms with Crippen LogP contribution in [0.5, 0.6) is 0 Å². The molecule has 0 saturated heterocycles. The van der Waals surface area contributed by atoms with Crippen LogP contribution >= 0.6 is 0 Å². The minimum Gasteiger partial charge on any atom is -0.315 e. The molecule has 4 heteroatoms. The maximum absolute atomic E-state index is 4.75. The molecule has 3 saturated carbocycles. The number of aryl methyl sites for hydroxylation is 1. The number of nitrogens with one attached hydrogen (secondary N) is 1. The summed E-state index contributed by atoms with van der Waals surface area (Å²) >= 11 is 0. The van der Waals surface area contributed by atoms with E-state index < -0.39 is 0 Å². The maximum Gasteiger partial charge on any atom is 0.139 e. The fourth-order valence-electron chi connectivity index (χ4n) is 5.23. The Morgan fingerprint density at radius 2 is 1.70 bits per heavy atom. The number of hydrogen-bond donors (Lipinski definition) is 1. The molecule has 0 radical (unpaired) electrons. The van der Waals surface area contributed by atoms with E-state index in [2.05, 4.69) is 21.9 Å². The monoisotopic (exact) mass is 316 g/mol. The summed E-state index contributed by atoms with van der Waals surface area (Å²) in [6, 6.07) is 0. The molecule has 1 aromatic rings. The maximum atomic E-state index is 4.75. The lowest BCUT2D eigenvalue weighted by Crippen LogP contribution is -2.56. The zero-order chi connectivity index (χ0) is 15.8. The minimum absolute atomic E-state index is 0.333. The smallest absolute Gasteiger partial charge is 0.139 e. The Bertz CT molecular complexity index is 523. The fraction of sp³-hybridized carbons (Fsp3) is 0.895. The van der Waals surface area contributed by atoms with Gasteiger partial charge in [0, 0.05) is 23.9 Å². The number of aromatic nitrogens is 3. The van der Waals surface area contributed by atoms with Crippen molar-refractivity contribution in [3.63, 3.8) is 0 Å². The molecule has 0 spiro atoms. The summed E-state index contributed by atoms with van der Waals surface area (Å²) in [5.41, 5.74) is 0.775. The van der Waals surface area contributed by atoms with Crippen molar-refractivity contribution < 1.29 is 0 Å². The van der Waals surface area contributed by atoms with Crippen molar-refractivity contribution in [1.29, 1.82) is 0 Å². The molecule has 3 aliphatic carbocycles. The second-order valence-corrected chi connectivity index (χ2v) is 8.24. The second-order valence-electron chi connectivity index (χ2n) is 8.24. The zero-order valence-corrected chi connectivity index (χ0v) is 14.7. The van der Waals surface area contributed by atoms with Crippen molar-refractivity contribution in [2.24, 2.45) is 0 Å². The summed E-state index contributed by atoms with van der Waals surface area (Å²) in [6.07, 6.45) is 15.6. The average Bonchev–Trinajstić information content (AvgIpc) is 2.97. The van der Waals surface area contributed by atoms with Crippen LogP contribution in [0.2, 0.25) is 0 Å². The van der Waals surface area contributed by atoms with E-state index >= 15 is 0 Å². The molecule has 2 bridgehead atoms. The molecule has 23 heavy (non-hydrogen) atoms. The van der Waals surface area contributed by atoms with Crippen molar-refractivity contribution in [3.8, 4) is 0 Å². The molecule has 4 nitrogen and oxygen atoms in total. The topological polar surface area (TPSA) is 42.7 Å². The van der Waals surface area contributed by atoms with Gasteiger partial charge in [0.15, 0.2) is 0 Å². The van der Waals surface area contributed by atoms with Gasteiger partial charge in [-0.15, -0.1) is 10.2 Å². The quantitative estimate of drug-likeness (QED) is 0.920. The van der Waals surface area contributed by atoms with Gasteiger partial charge in [0.05, 0.1) is 0 Å². The van der Waals surface area contributed by atoms with Gasteiger partial charge < -0.3 is 9.88 Å². The van der Waals surface area contributed by atoms with Crippen molar-refractivity contribution in [1.82, 2.24) is 20.1 Å². The van der Waals surface area contributed by atoms with E-state index in [1.54, 1.807) is 0 Å². The molecule has 1 aromatic heterocycles. The normalized spacial score (nSPS) is 34.0. The van der Waals surface area contributed by atoms with Gasteiger partial charge >= 0.3 is 0 Å². The highest BCUT2D eigenvalue weighted by Gasteiger charge is 2.51. The van der Waals surface area contributed by atoms with Gasteiger partial charge in [-0.25, -0.2) is 0 Å². The first-order valence-electron chi connectivity index (χ1n) is 9.95. The number of rotatable bonds is 4. The van der Waals surface area contributed by atoms with E-state index in [0.29, 0.717) is 11.0 Å². The van der Waals surface area contributed by atoms with E-state index in [-0.39, 0.29) is 0 Å². The summed E-state index contributed by atoms with van der Waals surface area (Å²) in [7, 11) is 0. The van der Waals surface area contributed by atoms with Crippen LogP contribution in [0.3, 0.4) is 0 Å². The first-order chi connectivity index (χ1) is 11.3. The highest BCUT2D eigenvalue weighted by molar-refractivity contribution is 5.19. The Kier molecular flexibility index (Phi) is 4.21. The minimum atomic E-state index is 0.333. The lowest BCUT2D eigenvalue weighted by molar-refractivity contribution is 0.0695. The predicted octanol–water partition coefficient (Wildman–Crippen LogP) is 3.74. The van der Waals surface area contributed by atoms with Gasteiger partial charge in [-0.3, -0.25) is 0 Å². The van der Waals surface area contributed by atoms with Crippen LogP contribution in [0.25, 0.3) is 0 Å². The summed E-state index contributed by atoms with van der Waals surface area (Å²) in [6.45, 7) is 4.60. The molecule has 128 valence electrons. The van der Waals surface area contributed by atoms with Crippen LogP contribution in [-0.4, -0.2) is 26.8 Å². The van der Waals surface area contributed by atoms with Crippen molar-refractivity contribution in [3.05, 3.63) is 11.6 Å². The Labute approximate surface area is 140 Å². The fourth-order valence-corrected chi connectivity index (χ4v) is 5.23. The van der Waals surface area contributed by atoms with Crippen LogP contribution < -0.4 is 5.32 Å². The third-order valence-corrected chi connectivity index (χ3v) is 6.83. The predicted molar refractivity (Wildman–Crippen MR) is 92.6 cm³/mol. The van der Waals surface area contributed by atoms with Gasteiger partial charge in [-0.05, 0) is 64.3 Å². The van der Waals surface area contributed by atoms with Gasteiger partial charge in [0.1, 0.15) is 11.6 Å². The zero-order valence-electron chi connectivity index (χ0n) is 14.7. The van der Waals surface area contributed by atoms with E-state index in [1.165, 1.54) is 88.8 Å². The second kappa shape index (κ2) is 6.19. The van der Waals surface area contributed by atoms with Gasteiger partial charge in [-0.1, -0.05) is 19.8 Å². The SMILES string of the molecule is CCCNC12CCC(c3nnc4n3CCCCCC4)(CC1)CC2. The molecule has 0 unspecified atom stereocenters.